The zero-order valence-corrected chi connectivity index (χ0v) is 12.6. The van der Waals surface area contributed by atoms with Crippen LogP contribution in [0.25, 0.3) is 0 Å². The Balaban J connectivity index is 2.40. The minimum atomic E-state index is -0.510. The van der Waals surface area contributed by atoms with Gasteiger partial charge in [0, 0.05) is 17.9 Å². The van der Waals surface area contributed by atoms with Crippen LogP contribution in [0.2, 0.25) is 0 Å². The second-order valence-corrected chi connectivity index (χ2v) is 5.26. The number of amides is 1. The van der Waals surface area contributed by atoms with Crippen molar-refractivity contribution < 1.29 is 14.5 Å². The van der Waals surface area contributed by atoms with Crippen LogP contribution < -0.4 is 0 Å². The smallest absolute Gasteiger partial charge is 0.282 e. The molecular weight excluding hydrogens is 328 g/mol. The van der Waals surface area contributed by atoms with Gasteiger partial charge in [-0.25, -0.2) is 0 Å². The first-order valence-electron chi connectivity index (χ1n) is 6.25. The predicted molar refractivity (Wildman–Crippen MR) is 77.3 cm³/mol. The second-order valence-electron chi connectivity index (χ2n) is 4.61. The van der Waals surface area contributed by atoms with Gasteiger partial charge < -0.3 is 9.64 Å². The minimum Gasteiger partial charge on any atom is -0.377 e. The summed E-state index contributed by atoms with van der Waals surface area (Å²) in [4.78, 5) is 24.9. The third-order valence-corrected chi connectivity index (χ3v) is 4.08. The zero-order valence-electron chi connectivity index (χ0n) is 11.0. The van der Waals surface area contributed by atoms with E-state index in [1.54, 1.807) is 24.0 Å². The Hall–Kier alpha value is -1.47. The summed E-state index contributed by atoms with van der Waals surface area (Å²) >= 11 is 3.35. The first-order valence-corrected chi connectivity index (χ1v) is 7.37. The maximum Gasteiger partial charge on any atom is 0.282 e. The first-order chi connectivity index (χ1) is 9.56. The van der Waals surface area contributed by atoms with Crippen molar-refractivity contribution in [2.75, 3.05) is 25.1 Å². The van der Waals surface area contributed by atoms with Gasteiger partial charge in [0.15, 0.2) is 0 Å². The number of hydrogen-bond acceptors (Lipinski definition) is 4. The number of morpholine rings is 1. The van der Waals surface area contributed by atoms with Crippen molar-refractivity contribution >= 4 is 27.5 Å². The van der Waals surface area contributed by atoms with Crippen molar-refractivity contribution in [1.82, 2.24) is 4.90 Å². The molecular formula is C13H15BrN2O4. The molecule has 108 valence electrons. The lowest BCUT2D eigenvalue weighted by molar-refractivity contribution is -0.385. The van der Waals surface area contributed by atoms with Gasteiger partial charge in [-0.1, -0.05) is 28.1 Å². The number of carbonyl (C=O) groups is 1. The van der Waals surface area contributed by atoms with Crippen LogP contribution in [-0.2, 0) is 4.74 Å². The van der Waals surface area contributed by atoms with E-state index in [1.165, 1.54) is 6.07 Å². The van der Waals surface area contributed by atoms with Crippen LogP contribution >= 0.6 is 15.9 Å². The van der Waals surface area contributed by atoms with Crippen molar-refractivity contribution in [2.45, 2.75) is 13.0 Å². The normalized spacial score (nSPS) is 18.9. The topological polar surface area (TPSA) is 72.7 Å². The van der Waals surface area contributed by atoms with Gasteiger partial charge in [-0.05, 0) is 12.5 Å². The Morgan fingerprint density at radius 1 is 1.60 bits per heavy atom. The molecule has 1 amide bonds. The second kappa shape index (κ2) is 6.32. The molecule has 1 unspecified atom stereocenters. The van der Waals surface area contributed by atoms with Crippen LogP contribution in [0, 0.1) is 17.0 Å². The van der Waals surface area contributed by atoms with Crippen LogP contribution in [0.4, 0.5) is 5.69 Å². The lowest BCUT2D eigenvalue weighted by atomic mass is 10.0. The quantitative estimate of drug-likeness (QED) is 0.479. The lowest BCUT2D eigenvalue weighted by Gasteiger charge is -2.34. The number of rotatable bonds is 3. The number of halogens is 1. The number of ether oxygens (including phenoxy) is 1. The van der Waals surface area contributed by atoms with E-state index in [0.717, 1.165) is 0 Å². The van der Waals surface area contributed by atoms with Gasteiger partial charge in [0.1, 0.15) is 5.56 Å². The average molecular weight is 343 g/mol. The van der Waals surface area contributed by atoms with E-state index in [9.17, 15) is 14.9 Å². The summed E-state index contributed by atoms with van der Waals surface area (Å²) in [6, 6.07) is 4.56. The van der Waals surface area contributed by atoms with Crippen molar-refractivity contribution in [3.63, 3.8) is 0 Å². The molecule has 1 heterocycles. The van der Waals surface area contributed by atoms with Crippen molar-refractivity contribution in [1.29, 1.82) is 0 Å². The van der Waals surface area contributed by atoms with E-state index in [1.807, 2.05) is 0 Å². The summed E-state index contributed by atoms with van der Waals surface area (Å²) in [5, 5.41) is 11.7. The molecule has 0 aromatic heterocycles. The summed E-state index contributed by atoms with van der Waals surface area (Å²) in [5.74, 6) is -0.303. The average Bonchev–Trinajstić information content (AvgIpc) is 2.46. The van der Waals surface area contributed by atoms with Gasteiger partial charge in [-0.2, -0.15) is 0 Å². The molecule has 1 fully saturated rings. The molecule has 20 heavy (non-hydrogen) atoms. The first kappa shape index (κ1) is 14.9. The molecule has 1 saturated heterocycles. The molecule has 1 aromatic carbocycles. The number of aryl methyl sites for hydroxylation is 1. The van der Waals surface area contributed by atoms with E-state index in [4.69, 9.17) is 4.74 Å². The molecule has 0 N–H and O–H groups in total. The molecule has 0 bridgehead atoms. The number of nitrogens with zero attached hydrogens (tertiary/aromatic N) is 2. The Morgan fingerprint density at radius 3 is 3.00 bits per heavy atom. The minimum absolute atomic E-state index is 0.101. The van der Waals surface area contributed by atoms with Crippen molar-refractivity contribution in [3.8, 4) is 0 Å². The van der Waals surface area contributed by atoms with Gasteiger partial charge in [-0.3, -0.25) is 14.9 Å². The van der Waals surface area contributed by atoms with E-state index in [-0.39, 0.29) is 23.2 Å². The zero-order chi connectivity index (χ0) is 14.7. The summed E-state index contributed by atoms with van der Waals surface area (Å²) in [6.07, 6.45) is 0. The third-order valence-electron chi connectivity index (χ3n) is 3.33. The maximum atomic E-state index is 12.7. The van der Waals surface area contributed by atoms with E-state index < -0.39 is 4.92 Å². The highest BCUT2D eigenvalue weighted by Crippen LogP contribution is 2.25. The van der Waals surface area contributed by atoms with E-state index in [0.29, 0.717) is 30.7 Å². The number of nitro benzene ring substituents is 1. The lowest BCUT2D eigenvalue weighted by Crippen LogP contribution is -2.49. The summed E-state index contributed by atoms with van der Waals surface area (Å²) in [5.41, 5.74) is 0.643. The molecule has 1 aliphatic rings. The van der Waals surface area contributed by atoms with Gasteiger partial charge in [0.25, 0.3) is 11.6 Å². The van der Waals surface area contributed by atoms with Crippen LogP contribution in [0.5, 0.6) is 0 Å². The van der Waals surface area contributed by atoms with E-state index >= 15 is 0 Å². The van der Waals surface area contributed by atoms with Crippen LogP contribution in [0.1, 0.15) is 15.9 Å². The van der Waals surface area contributed by atoms with Crippen LogP contribution in [0.3, 0.4) is 0 Å². The monoisotopic (exact) mass is 342 g/mol. The van der Waals surface area contributed by atoms with E-state index in [2.05, 4.69) is 15.9 Å². The number of carbonyl (C=O) groups excluding carboxylic acids is 1. The molecule has 7 heteroatoms. The Labute approximate surface area is 125 Å². The number of alkyl halides is 1. The molecule has 2 rings (SSSR count). The fraction of sp³-hybridized carbons (Fsp3) is 0.462. The molecule has 0 aliphatic carbocycles. The van der Waals surface area contributed by atoms with Crippen LogP contribution in [0.15, 0.2) is 18.2 Å². The molecule has 1 atom stereocenters. The molecule has 6 nitrogen and oxygen atoms in total. The van der Waals surface area contributed by atoms with Gasteiger partial charge in [0.2, 0.25) is 0 Å². The Bertz CT molecular complexity index is 535. The van der Waals surface area contributed by atoms with Gasteiger partial charge in [-0.15, -0.1) is 0 Å². The predicted octanol–water partition coefficient (Wildman–Crippen LogP) is 2.14. The number of hydrogen-bond donors (Lipinski definition) is 0. The largest absolute Gasteiger partial charge is 0.377 e. The van der Waals surface area contributed by atoms with Crippen molar-refractivity contribution in [3.05, 3.63) is 39.4 Å². The fourth-order valence-corrected chi connectivity index (χ4v) is 2.81. The standard InChI is InChI=1S/C13H15BrN2O4/c1-9-3-2-4-11(16(18)19)12(9)13(17)15-5-6-20-8-10(15)7-14/h2-4,10H,5-8H2,1H3. The van der Waals surface area contributed by atoms with Gasteiger partial charge in [0.05, 0.1) is 24.2 Å². The molecule has 0 radical (unpaired) electrons. The van der Waals surface area contributed by atoms with Crippen molar-refractivity contribution in [2.24, 2.45) is 0 Å². The highest BCUT2D eigenvalue weighted by molar-refractivity contribution is 9.09. The van der Waals surface area contributed by atoms with Crippen LogP contribution in [-0.4, -0.2) is 46.9 Å². The highest BCUT2D eigenvalue weighted by Gasteiger charge is 2.32. The summed E-state index contributed by atoms with van der Waals surface area (Å²) in [6.45, 7) is 3.05. The summed E-state index contributed by atoms with van der Waals surface area (Å²) in [7, 11) is 0. The highest BCUT2D eigenvalue weighted by atomic mass is 79.9. The molecule has 1 aromatic rings. The number of nitro groups is 1. The Kier molecular flexibility index (Phi) is 4.72. The fourth-order valence-electron chi connectivity index (χ4n) is 2.28. The molecule has 1 aliphatic heterocycles. The van der Waals surface area contributed by atoms with Gasteiger partial charge >= 0.3 is 0 Å². The molecule has 0 saturated carbocycles. The molecule has 0 spiro atoms. The Morgan fingerprint density at radius 2 is 2.35 bits per heavy atom. The third kappa shape index (κ3) is 2.83. The maximum absolute atomic E-state index is 12.7. The number of benzene rings is 1. The summed E-state index contributed by atoms with van der Waals surface area (Å²) < 4.78 is 5.34. The SMILES string of the molecule is Cc1cccc([N+](=O)[O-])c1C(=O)N1CCOCC1CBr.